The minimum atomic E-state index is -4.26. The highest BCUT2D eigenvalue weighted by Gasteiger charge is 2.35. The van der Waals surface area contributed by atoms with Crippen molar-refractivity contribution in [2.45, 2.75) is 40.3 Å². The number of allylic oxidation sites excluding steroid dienone is 6. The van der Waals surface area contributed by atoms with E-state index in [0.29, 0.717) is 12.0 Å². The molecule has 0 unspecified atom stereocenters. The van der Waals surface area contributed by atoms with Gasteiger partial charge >= 0.3 is 6.18 Å². The second-order valence-corrected chi connectivity index (χ2v) is 3.38. The summed E-state index contributed by atoms with van der Waals surface area (Å²) in [7, 11) is 0. The number of halogens is 3. The third-order valence-electron chi connectivity index (χ3n) is 2.17. The van der Waals surface area contributed by atoms with Gasteiger partial charge in [-0.25, -0.2) is 0 Å². The molecule has 0 aromatic carbocycles. The molecule has 0 aliphatic rings. The molecule has 0 rings (SSSR count). The molecular formula is C12H17F3. The molecule has 15 heavy (non-hydrogen) atoms. The number of alkyl halides is 3. The molecular weight excluding hydrogens is 201 g/mol. The quantitative estimate of drug-likeness (QED) is 0.597. The van der Waals surface area contributed by atoms with Crippen molar-refractivity contribution in [3.8, 4) is 0 Å². The predicted octanol–water partition coefficient (Wildman–Crippen LogP) is 4.80. The summed E-state index contributed by atoms with van der Waals surface area (Å²) in [6.45, 7) is 6.51. The standard InChI is InChI=1S/C12H17F3/c1-5-7-8-10(4)11(9(3)6-2)12(13,14)15/h5,7-8H,6H2,1-4H3/b7-5-,10-8-,11-9-. The van der Waals surface area contributed by atoms with Gasteiger partial charge in [-0.05, 0) is 32.8 Å². The van der Waals surface area contributed by atoms with Crippen molar-refractivity contribution in [3.05, 3.63) is 34.9 Å². The van der Waals surface area contributed by atoms with Crippen LogP contribution in [0.3, 0.4) is 0 Å². The van der Waals surface area contributed by atoms with Crippen molar-refractivity contribution in [1.82, 2.24) is 0 Å². The van der Waals surface area contributed by atoms with Crippen molar-refractivity contribution in [3.63, 3.8) is 0 Å². The van der Waals surface area contributed by atoms with Gasteiger partial charge in [-0.2, -0.15) is 13.2 Å². The molecule has 0 bridgehead atoms. The molecule has 0 aliphatic heterocycles. The van der Waals surface area contributed by atoms with Crippen molar-refractivity contribution < 1.29 is 13.2 Å². The number of hydrogen-bond acceptors (Lipinski definition) is 0. The van der Waals surface area contributed by atoms with Crippen molar-refractivity contribution in [2.24, 2.45) is 0 Å². The van der Waals surface area contributed by atoms with Crippen LogP contribution in [0.1, 0.15) is 34.1 Å². The zero-order chi connectivity index (χ0) is 12.1. The molecule has 0 aromatic heterocycles. The Kier molecular flexibility index (Phi) is 5.40. The minimum Gasteiger partial charge on any atom is -0.166 e. The topological polar surface area (TPSA) is 0 Å². The summed E-state index contributed by atoms with van der Waals surface area (Å²) in [6, 6.07) is 0. The Morgan fingerprint density at radius 3 is 2.07 bits per heavy atom. The second kappa shape index (κ2) is 5.79. The van der Waals surface area contributed by atoms with E-state index in [2.05, 4.69) is 0 Å². The van der Waals surface area contributed by atoms with E-state index in [9.17, 15) is 13.2 Å². The first kappa shape index (κ1) is 14.0. The van der Waals surface area contributed by atoms with Crippen LogP contribution in [0.4, 0.5) is 13.2 Å². The number of rotatable bonds is 3. The van der Waals surface area contributed by atoms with Gasteiger partial charge in [0, 0.05) is 0 Å². The summed E-state index contributed by atoms with van der Waals surface area (Å²) in [4.78, 5) is 0. The summed E-state index contributed by atoms with van der Waals surface area (Å²) >= 11 is 0. The molecule has 0 aliphatic carbocycles. The lowest BCUT2D eigenvalue weighted by molar-refractivity contribution is -0.0902. The summed E-state index contributed by atoms with van der Waals surface area (Å²) in [5.74, 6) is 0. The monoisotopic (exact) mass is 218 g/mol. The molecule has 0 amide bonds. The van der Waals surface area contributed by atoms with Crippen molar-refractivity contribution >= 4 is 0 Å². The highest BCUT2D eigenvalue weighted by Crippen LogP contribution is 2.34. The smallest absolute Gasteiger partial charge is 0.166 e. The second-order valence-electron chi connectivity index (χ2n) is 3.38. The van der Waals surface area contributed by atoms with Crippen LogP contribution in [-0.2, 0) is 0 Å². The van der Waals surface area contributed by atoms with Crippen LogP contribution in [0.5, 0.6) is 0 Å². The maximum absolute atomic E-state index is 12.7. The zero-order valence-corrected chi connectivity index (χ0v) is 9.57. The Labute approximate surface area is 89.2 Å². The molecule has 0 heterocycles. The van der Waals surface area contributed by atoms with Gasteiger partial charge in [0.25, 0.3) is 0 Å². The number of hydrogen-bond donors (Lipinski definition) is 0. The van der Waals surface area contributed by atoms with Crippen LogP contribution >= 0.6 is 0 Å². The summed E-state index contributed by atoms with van der Waals surface area (Å²) in [5, 5.41) is 0. The first-order chi connectivity index (χ1) is 6.84. The Morgan fingerprint density at radius 1 is 1.20 bits per heavy atom. The van der Waals surface area contributed by atoms with Gasteiger partial charge in [0.05, 0.1) is 5.57 Å². The lowest BCUT2D eigenvalue weighted by atomic mass is 9.99. The van der Waals surface area contributed by atoms with E-state index in [1.807, 2.05) is 0 Å². The largest absolute Gasteiger partial charge is 0.416 e. The van der Waals surface area contributed by atoms with Crippen LogP contribution in [0.15, 0.2) is 34.9 Å². The maximum Gasteiger partial charge on any atom is 0.416 e. The van der Waals surface area contributed by atoms with E-state index in [4.69, 9.17) is 0 Å². The van der Waals surface area contributed by atoms with Gasteiger partial charge in [-0.15, -0.1) is 0 Å². The SMILES string of the molecule is C\C=C/C=C(C)\C(=C(/C)CC)C(F)(F)F. The van der Waals surface area contributed by atoms with Gasteiger partial charge in [0.1, 0.15) is 0 Å². The fraction of sp³-hybridized carbons (Fsp3) is 0.500. The maximum atomic E-state index is 12.7. The van der Waals surface area contributed by atoms with Crippen LogP contribution in [0, 0.1) is 0 Å². The predicted molar refractivity (Wildman–Crippen MR) is 57.6 cm³/mol. The molecule has 3 heteroatoms. The Morgan fingerprint density at radius 2 is 1.73 bits per heavy atom. The van der Waals surface area contributed by atoms with Gasteiger partial charge in [-0.1, -0.05) is 30.7 Å². The highest BCUT2D eigenvalue weighted by atomic mass is 19.4. The lowest BCUT2D eigenvalue weighted by Crippen LogP contribution is -2.14. The van der Waals surface area contributed by atoms with Gasteiger partial charge < -0.3 is 0 Å². The van der Waals surface area contributed by atoms with E-state index in [1.54, 1.807) is 26.0 Å². The van der Waals surface area contributed by atoms with Crippen molar-refractivity contribution in [2.75, 3.05) is 0 Å². The normalized spacial score (nSPS) is 15.8. The fourth-order valence-electron chi connectivity index (χ4n) is 1.30. The summed E-state index contributed by atoms with van der Waals surface area (Å²) in [5.41, 5.74) is 0.142. The third kappa shape index (κ3) is 4.36. The Hall–Kier alpha value is -0.990. The van der Waals surface area contributed by atoms with E-state index >= 15 is 0 Å². The molecule has 0 radical (unpaired) electrons. The minimum absolute atomic E-state index is 0.264. The van der Waals surface area contributed by atoms with Gasteiger partial charge in [0.2, 0.25) is 0 Å². The molecule has 86 valence electrons. The van der Waals surface area contributed by atoms with E-state index in [1.165, 1.54) is 19.9 Å². The molecule has 0 nitrogen and oxygen atoms in total. The molecule has 0 fully saturated rings. The average Bonchev–Trinajstić information content (AvgIpc) is 2.12. The Balaban J connectivity index is 5.34. The van der Waals surface area contributed by atoms with Crippen LogP contribution in [-0.4, -0.2) is 6.18 Å². The van der Waals surface area contributed by atoms with Crippen LogP contribution in [0.2, 0.25) is 0 Å². The van der Waals surface area contributed by atoms with E-state index in [0.717, 1.165) is 0 Å². The highest BCUT2D eigenvalue weighted by molar-refractivity contribution is 5.38. The molecule has 0 aromatic rings. The molecule has 0 saturated heterocycles. The lowest BCUT2D eigenvalue weighted by Gasteiger charge is -2.15. The summed E-state index contributed by atoms with van der Waals surface area (Å²) in [6.07, 6.45) is 0.961. The van der Waals surface area contributed by atoms with Crippen LogP contribution in [0.25, 0.3) is 0 Å². The van der Waals surface area contributed by atoms with E-state index < -0.39 is 11.7 Å². The fourth-order valence-corrected chi connectivity index (χ4v) is 1.30. The first-order valence-electron chi connectivity index (χ1n) is 4.91. The molecule has 0 atom stereocenters. The first-order valence-corrected chi connectivity index (χ1v) is 4.91. The Bertz CT molecular complexity index is 290. The van der Waals surface area contributed by atoms with E-state index in [-0.39, 0.29) is 5.57 Å². The van der Waals surface area contributed by atoms with Gasteiger partial charge in [0.15, 0.2) is 0 Å². The molecule has 0 spiro atoms. The van der Waals surface area contributed by atoms with Gasteiger partial charge in [-0.3, -0.25) is 0 Å². The summed E-state index contributed by atoms with van der Waals surface area (Å²) < 4.78 is 38.1. The zero-order valence-electron chi connectivity index (χ0n) is 9.57. The third-order valence-corrected chi connectivity index (χ3v) is 2.17. The molecule has 0 saturated carbocycles. The van der Waals surface area contributed by atoms with Crippen molar-refractivity contribution in [1.29, 1.82) is 0 Å². The van der Waals surface area contributed by atoms with Crippen LogP contribution < -0.4 is 0 Å². The average molecular weight is 218 g/mol. The molecule has 0 N–H and O–H groups in total.